The van der Waals surface area contributed by atoms with Crippen molar-refractivity contribution in [1.82, 2.24) is 4.57 Å². The summed E-state index contributed by atoms with van der Waals surface area (Å²) in [6, 6.07) is 15.6. The first kappa shape index (κ1) is 26.2. The minimum absolute atomic E-state index is 0.0246. The molecule has 200 valence electrons. The van der Waals surface area contributed by atoms with Crippen molar-refractivity contribution < 1.29 is 24.1 Å². The number of ether oxygens (including phenoxy) is 3. The Balaban J connectivity index is 1.77. The molecule has 0 unspecified atom stereocenters. The van der Waals surface area contributed by atoms with Crippen molar-refractivity contribution in [1.29, 1.82) is 0 Å². The van der Waals surface area contributed by atoms with Crippen LogP contribution in [0.5, 0.6) is 17.2 Å². The number of phenolic OH excluding ortho intramolecular Hbond substituents is 1. The summed E-state index contributed by atoms with van der Waals surface area (Å²) in [5.41, 5.74) is 1.97. The van der Waals surface area contributed by atoms with Gasteiger partial charge in [-0.05, 0) is 61.6 Å². The molecule has 1 aromatic heterocycles. The lowest BCUT2D eigenvalue weighted by Crippen LogP contribution is -2.40. The van der Waals surface area contributed by atoms with Crippen molar-refractivity contribution in [2.75, 3.05) is 20.3 Å². The fourth-order valence-electron chi connectivity index (χ4n) is 4.84. The van der Waals surface area contributed by atoms with Crippen molar-refractivity contribution in [3.05, 3.63) is 96.7 Å². The van der Waals surface area contributed by atoms with E-state index in [1.807, 2.05) is 43.3 Å². The standard InChI is InChI=1S/C30H28N2O6S/c1-5-37-24-15-18(11-13-22(24)33)16-25-28(34)32-27(26(29(35)38-6-2)17(3)31-30(32)39-25)21-12-14-23(36-4)20-10-8-7-9-19(20)21/h7-16,27,33H,5-6H2,1-4H3/b25-16-/t27-/m0/s1. The number of benzene rings is 3. The predicted molar refractivity (Wildman–Crippen MR) is 150 cm³/mol. The zero-order valence-electron chi connectivity index (χ0n) is 22.1. The van der Waals surface area contributed by atoms with Gasteiger partial charge in [0.1, 0.15) is 5.75 Å². The Bertz CT molecular complexity index is 1800. The third-order valence-corrected chi connectivity index (χ3v) is 7.51. The van der Waals surface area contributed by atoms with Crippen LogP contribution in [-0.4, -0.2) is 36.0 Å². The number of carbonyl (C=O) groups is 1. The molecule has 5 rings (SSSR count). The highest BCUT2D eigenvalue weighted by Gasteiger charge is 2.34. The SMILES string of the molecule is CCOC(=O)C1=C(C)N=c2s/c(=C\c3ccc(O)c(OCC)c3)c(=O)n2[C@H]1c1ccc(OC)c2ccccc12. The molecule has 9 heteroatoms. The summed E-state index contributed by atoms with van der Waals surface area (Å²) in [6.45, 7) is 5.92. The minimum atomic E-state index is -0.753. The summed E-state index contributed by atoms with van der Waals surface area (Å²) in [6.07, 6.45) is 1.73. The molecule has 0 spiro atoms. The number of hydrogen-bond donors (Lipinski definition) is 1. The molecule has 8 nitrogen and oxygen atoms in total. The summed E-state index contributed by atoms with van der Waals surface area (Å²) in [4.78, 5) is 32.4. The highest BCUT2D eigenvalue weighted by molar-refractivity contribution is 7.07. The smallest absolute Gasteiger partial charge is 0.338 e. The van der Waals surface area contributed by atoms with Gasteiger partial charge in [0, 0.05) is 5.39 Å². The number of phenols is 1. The average molecular weight is 545 g/mol. The first-order chi connectivity index (χ1) is 18.9. The van der Waals surface area contributed by atoms with E-state index in [-0.39, 0.29) is 17.9 Å². The van der Waals surface area contributed by atoms with Crippen molar-refractivity contribution in [3.8, 4) is 17.2 Å². The van der Waals surface area contributed by atoms with E-state index in [2.05, 4.69) is 4.99 Å². The number of aromatic hydroxyl groups is 1. The summed E-state index contributed by atoms with van der Waals surface area (Å²) in [5.74, 6) is 0.536. The van der Waals surface area contributed by atoms with Gasteiger partial charge in [-0.15, -0.1) is 0 Å². The molecule has 0 aliphatic carbocycles. The number of nitrogens with zero attached hydrogens (tertiary/aromatic N) is 2. The Morgan fingerprint density at radius 1 is 1.08 bits per heavy atom. The van der Waals surface area contributed by atoms with Crippen molar-refractivity contribution in [2.24, 2.45) is 4.99 Å². The second-order valence-electron chi connectivity index (χ2n) is 8.87. The zero-order chi connectivity index (χ0) is 27.7. The van der Waals surface area contributed by atoms with Crippen molar-refractivity contribution >= 4 is 34.2 Å². The molecule has 1 aliphatic heterocycles. The van der Waals surface area contributed by atoms with Crippen LogP contribution in [0, 0.1) is 0 Å². The molecule has 1 atom stereocenters. The van der Waals surface area contributed by atoms with Crippen LogP contribution in [0.2, 0.25) is 0 Å². The second kappa shape index (κ2) is 10.8. The maximum absolute atomic E-state index is 14.0. The van der Waals surface area contributed by atoms with Crippen LogP contribution in [0.4, 0.5) is 0 Å². The molecular formula is C30H28N2O6S. The van der Waals surface area contributed by atoms with Crippen LogP contribution in [0.25, 0.3) is 16.8 Å². The van der Waals surface area contributed by atoms with Gasteiger partial charge in [-0.2, -0.15) is 0 Å². The molecule has 1 aliphatic rings. The zero-order valence-corrected chi connectivity index (χ0v) is 22.9. The van der Waals surface area contributed by atoms with Gasteiger partial charge in [-0.1, -0.05) is 47.7 Å². The van der Waals surface area contributed by atoms with Gasteiger partial charge in [0.25, 0.3) is 5.56 Å². The molecule has 0 saturated heterocycles. The van der Waals surface area contributed by atoms with E-state index in [9.17, 15) is 14.7 Å². The number of carbonyl (C=O) groups excluding carboxylic acids is 1. The molecule has 4 aromatic rings. The number of thiazole rings is 1. The van der Waals surface area contributed by atoms with Crippen LogP contribution in [0.1, 0.15) is 37.9 Å². The molecule has 39 heavy (non-hydrogen) atoms. The summed E-state index contributed by atoms with van der Waals surface area (Å²) < 4.78 is 18.5. The molecule has 0 radical (unpaired) electrons. The van der Waals surface area contributed by atoms with E-state index in [0.29, 0.717) is 44.3 Å². The van der Waals surface area contributed by atoms with Gasteiger partial charge < -0.3 is 19.3 Å². The minimum Gasteiger partial charge on any atom is -0.504 e. The maximum atomic E-state index is 14.0. The lowest BCUT2D eigenvalue weighted by Gasteiger charge is -2.26. The number of methoxy groups -OCH3 is 1. The van der Waals surface area contributed by atoms with Gasteiger partial charge in [0.15, 0.2) is 16.3 Å². The summed E-state index contributed by atoms with van der Waals surface area (Å²) >= 11 is 1.24. The second-order valence-corrected chi connectivity index (χ2v) is 9.87. The fourth-order valence-corrected chi connectivity index (χ4v) is 5.89. The van der Waals surface area contributed by atoms with E-state index in [1.54, 1.807) is 43.7 Å². The maximum Gasteiger partial charge on any atom is 0.338 e. The first-order valence-electron chi connectivity index (χ1n) is 12.6. The lowest BCUT2D eigenvalue weighted by atomic mass is 9.91. The lowest BCUT2D eigenvalue weighted by molar-refractivity contribution is -0.139. The number of allylic oxidation sites excluding steroid dienone is 1. The average Bonchev–Trinajstić information content (AvgIpc) is 3.23. The molecular weight excluding hydrogens is 516 g/mol. The van der Waals surface area contributed by atoms with Crippen LogP contribution in [-0.2, 0) is 9.53 Å². The molecule has 0 amide bonds. The number of rotatable bonds is 7. The van der Waals surface area contributed by atoms with E-state index in [4.69, 9.17) is 14.2 Å². The van der Waals surface area contributed by atoms with Gasteiger partial charge in [-0.25, -0.2) is 9.79 Å². The van der Waals surface area contributed by atoms with Crippen molar-refractivity contribution in [3.63, 3.8) is 0 Å². The van der Waals surface area contributed by atoms with E-state index in [1.165, 1.54) is 17.4 Å². The third kappa shape index (κ3) is 4.70. The summed E-state index contributed by atoms with van der Waals surface area (Å²) in [5, 5.41) is 11.8. The van der Waals surface area contributed by atoms with Gasteiger partial charge >= 0.3 is 5.97 Å². The van der Waals surface area contributed by atoms with Crippen LogP contribution in [0.15, 0.2) is 75.7 Å². The number of fused-ring (bicyclic) bond motifs is 2. The van der Waals surface area contributed by atoms with Crippen LogP contribution in [0.3, 0.4) is 0 Å². The van der Waals surface area contributed by atoms with Crippen LogP contribution >= 0.6 is 11.3 Å². The van der Waals surface area contributed by atoms with Crippen molar-refractivity contribution in [2.45, 2.75) is 26.8 Å². The van der Waals surface area contributed by atoms with E-state index < -0.39 is 12.0 Å². The molecule has 0 fully saturated rings. The quantitative estimate of drug-likeness (QED) is 0.352. The van der Waals surface area contributed by atoms with E-state index >= 15 is 0 Å². The summed E-state index contributed by atoms with van der Waals surface area (Å²) in [7, 11) is 1.61. The van der Waals surface area contributed by atoms with Gasteiger partial charge in [0.05, 0.1) is 42.2 Å². The first-order valence-corrected chi connectivity index (χ1v) is 13.4. The highest BCUT2D eigenvalue weighted by atomic mass is 32.1. The predicted octanol–water partition coefficient (Wildman–Crippen LogP) is 4.06. The number of hydrogen-bond acceptors (Lipinski definition) is 8. The number of aromatic nitrogens is 1. The topological polar surface area (TPSA) is 99.4 Å². The molecule has 0 saturated carbocycles. The molecule has 3 aromatic carbocycles. The fraction of sp³-hybridized carbons (Fsp3) is 0.233. The Morgan fingerprint density at radius 3 is 2.56 bits per heavy atom. The largest absolute Gasteiger partial charge is 0.504 e. The van der Waals surface area contributed by atoms with Crippen LogP contribution < -0.4 is 24.4 Å². The van der Waals surface area contributed by atoms with Gasteiger partial charge in [-0.3, -0.25) is 9.36 Å². The Hall–Kier alpha value is -4.37. The Morgan fingerprint density at radius 2 is 1.85 bits per heavy atom. The molecule has 0 bridgehead atoms. The highest BCUT2D eigenvalue weighted by Crippen LogP contribution is 2.38. The van der Waals surface area contributed by atoms with Gasteiger partial charge in [0.2, 0.25) is 0 Å². The Kier molecular flexibility index (Phi) is 7.26. The monoisotopic (exact) mass is 544 g/mol. The normalized spacial score (nSPS) is 15.2. The Labute approximate surface area is 228 Å². The third-order valence-electron chi connectivity index (χ3n) is 6.53. The molecule has 1 N–H and O–H groups in total. The van der Waals surface area contributed by atoms with E-state index in [0.717, 1.165) is 16.3 Å². The molecule has 2 heterocycles. The number of esters is 1.